The van der Waals surface area contributed by atoms with Gasteiger partial charge in [-0.2, -0.15) is 0 Å². The van der Waals surface area contributed by atoms with E-state index in [2.05, 4.69) is 38.6 Å². The second kappa shape index (κ2) is 13.1. The van der Waals surface area contributed by atoms with Crippen LogP contribution in [0.3, 0.4) is 0 Å². The molecule has 2 aromatic heterocycles. The Morgan fingerprint density at radius 1 is 1.09 bits per heavy atom. The summed E-state index contributed by atoms with van der Waals surface area (Å²) < 4.78 is 5.74. The lowest BCUT2D eigenvalue weighted by molar-refractivity contribution is 0.0697. The van der Waals surface area contributed by atoms with Gasteiger partial charge in [-0.05, 0) is 55.1 Å². The van der Waals surface area contributed by atoms with Gasteiger partial charge in [0.05, 0.1) is 16.6 Å². The van der Waals surface area contributed by atoms with Gasteiger partial charge in [0.15, 0.2) is 5.82 Å². The molecule has 0 aliphatic carbocycles. The number of aromatic nitrogens is 3. The van der Waals surface area contributed by atoms with Crippen molar-refractivity contribution < 1.29 is 9.90 Å². The molecule has 0 radical (unpaired) electrons. The number of nitrogens with zero attached hydrogens (tertiary/aromatic N) is 3. The maximum Gasteiger partial charge on any atom is 0.335 e. The topological polar surface area (TPSA) is 92.1 Å². The number of hydrogen-bond donors (Lipinski definition) is 3. The zero-order valence-corrected chi connectivity index (χ0v) is 21.8. The average Bonchev–Trinajstić information content (AvgIpc) is 3.26. The molecule has 186 valence electrons. The largest absolute Gasteiger partial charge is 0.478 e. The fourth-order valence-electron chi connectivity index (χ4n) is 3.94. The molecule has 0 saturated carbocycles. The Morgan fingerprint density at radius 3 is 2.54 bits per heavy atom. The van der Waals surface area contributed by atoms with Gasteiger partial charge in [-0.15, -0.1) is 0 Å². The molecule has 2 heterocycles. The Balaban J connectivity index is 0.00000167. The first-order valence-corrected chi connectivity index (χ1v) is 13.1. The van der Waals surface area contributed by atoms with Crippen molar-refractivity contribution in [1.82, 2.24) is 19.3 Å². The van der Waals surface area contributed by atoms with E-state index in [9.17, 15) is 9.90 Å². The van der Waals surface area contributed by atoms with E-state index in [1.807, 2.05) is 45.2 Å². The summed E-state index contributed by atoms with van der Waals surface area (Å²) in [5.74, 6) is 0.772. The molecule has 0 aliphatic heterocycles. The minimum absolute atomic E-state index is 0.232. The van der Waals surface area contributed by atoms with Crippen molar-refractivity contribution in [3.05, 3.63) is 59.9 Å². The molecule has 0 aliphatic rings. The van der Waals surface area contributed by atoms with Crippen molar-refractivity contribution in [1.29, 1.82) is 0 Å². The van der Waals surface area contributed by atoms with Gasteiger partial charge in [-0.3, -0.25) is 4.72 Å². The highest BCUT2D eigenvalue weighted by Gasteiger charge is 2.18. The quantitative estimate of drug-likeness (QED) is 0.165. The van der Waals surface area contributed by atoms with Gasteiger partial charge in [0.25, 0.3) is 0 Å². The van der Waals surface area contributed by atoms with Gasteiger partial charge in [-0.25, -0.2) is 14.8 Å². The lowest BCUT2D eigenvalue weighted by Gasteiger charge is -2.12. The standard InChI is InChI=1S/C25H29N5O2S.C2H6/c1-3-4-11-21-29-22-23(30(21)15-8-14-27-33-18-9-6-5-7-10-18)19-13-12-17(25(31)32)16-20(19)28-24(22)26-2;1-2/h5-7,9-10,12-13,16,27H,3-4,8,11,14-15H2,1-2H3,(H,26,28)(H,31,32);1-2H3. The van der Waals surface area contributed by atoms with E-state index in [1.54, 1.807) is 24.1 Å². The molecule has 0 bridgehead atoms. The first-order valence-electron chi connectivity index (χ1n) is 12.3. The summed E-state index contributed by atoms with van der Waals surface area (Å²) in [6, 6.07) is 15.4. The van der Waals surface area contributed by atoms with Crippen LogP contribution in [0.4, 0.5) is 5.82 Å². The molecule has 0 atom stereocenters. The van der Waals surface area contributed by atoms with Gasteiger partial charge in [-0.1, -0.05) is 45.4 Å². The number of fused-ring (bicyclic) bond motifs is 3. The normalized spacial score (nSPS) is 10.9. The number of carboxylic acids is 1. The van der Waals surface area contributed by atoms with E-state index in [0.717, 1.165) is 61.0 Å². The molecule has 0 spiro atoms. The predicted molar refractivity (Wildman–Crippen MR) is 146 cm³/mol. The number of carbonyl (C=O) groups is 1. The fourth-order valence-corrected chi connectivity index (χ4v) is 4.65. The number of pyridine rings is 1. The monoisotopic (exact) mass is 493 g/mol. The Labute approximate surface area is 211 Å². The minimum atomic E-state index is -0.955. The van der Waals surface area contributed by atoms with Crippen LogP contribution in [-0.2, 0) is 13.0 Å². The van der Waals surface area contributed by atoms with E-state index in [-0.39, 0.29) is 5.56 Å². The second-order valence-corrected chi connectivity index (χ2v) is 8.86. The molecule has 0 saturated heterocycles. The molecule has 2 aromatic carbocycles. The van der Waals surface area contributed by atoms with Crippen LogP contribution in [0.1, 0.15) is 56.2 Å². The Kier molecular flexibility index (Phi) is 9.93. The third-order valence-corrected chi connectivity index (χ3v) is 6.44. The summed E-state index contributed by atoms with van der Waals surface area (Å²) in [4.78, 5) is 22.3. The number of aryl methyl sites for hydroxylation is 2. The van der Waals surface area contributed by atoms with E-state index < -0.39 is 5.97 Å². The highest BCUT2D eigenvalue weighted by Crippen LogP contribution is 2.31. The minimum Gasteiger partial charge on any atom is -0.478 e. The maximum absolute atomic E-state index is 11.5. The molecule has 3 N–H and O–H groups in total. The molecule has 0 amide bonds. The molecule has 35 heavy (non-hydrogen) atoms. The number of benzene rings is 2. The average molecular weight is 494 g/mol. The van der Waals surface area contributed by atoms with Crippen LogP contribution >= 0.6 is 11.9 Å². The summed E-state index contributed by atoms with van der Waals surface area (Å²) in [5.41, 5.74) is 2.75. The van der Waals surface area contributed by atoms with E-state index in [1.165, 1.54) is 4.90 Å². The van der Waals surface area contributed by atoms with Gasteiger partial charge >= 0.3 is 5.97 Å². The SMILES string of the molecule is CC.CCCCc1nc2c(NC)nc3cc(C(=O)O)ccc3c2n1CCCNSc1ccccc1. The molecule has 7 nitrogen and oxygen atoms in total. The van der Waals surface area contributed by atoms with Crippen LogP contribution in [0, 0.1) is 0 Å². The third-order valence-electron chi connectivity index (χ3n) is 5.59. The first-order chi connectivity index (χ1) is 17.1. The molecule has 0 unspecified atom stereocenters. The summed E-state index contributed by atoms with van der Waals surface area (Å²) in [5, 5.41) is 13.5. The van der Waals surface area contributed by atoms with Crippen LogP contribution in [0.2, 0.25) is 0 Å². The van der Waals surface area contributed by atoms with Crippen molar-refractivity contribution >= 4 is 45.7 Å². The number of carboxylic acid groups (broad SMARTS) is 1. The van der Waals surface area contributed by atoms with E-state index >= 15 is 0 Å². The smallest absolute Gasteiger partial charge is 0.335 e. The Morgan fingerprint density at radius 2 is 1.86 bits per heavy atom. The zero-order chi connectivity index (χ0) is 25.2. The molecule has 0 fully saturated rings. The van der Waals surface area contributed by atoms with Gasteiger partial charge in [0, 0.05) is 36.8 Å². The lowest BCUT2D eigenvalue weighted by Crippen LogP contribution is -2.11. The fraction of sp³-hybridized carbons (Fsp3) is 0.370. The first kappa shape index (κ1) is 26.5. The number of rotatable bonds is 11. The number of aromatic carboxylic acids is 1. The zero-order valence-electron chi connectivity index (χ0n) is 21.0. The van der Waals surface area contributed by atoms with Gasteiger partial charge in [0.1, 0.15) is 11.3 Å². The molecule has 4 aromatic rings. The summed E-state index contributed by atoms with van der Waals surface area (Å²) >= 11 is 1.64. The number of imidazole rings is 1. The molecular weight excluding hydrogens is 458 g/mol. The summed E-state index contributed by atoms with van der Waals surface area (Å²) in [7, 11) is 1.82. The summed E-state index contributed by atoms with van der Waals surface area (Å²) in [6.45, 7) is 7.86. The maximum atomic E-state index is 11.5. The summed E-state index contributed by atoms with van der Waals surface area (Å²) in [6.07, 6.45) is 4.00. The molecule has 4 rings (SSSR count). The highest BCUT2D eigenvalue weighted by atomic mass is 32.2. The van der Waals surface area contributed by atoms with Crippen LogP contribution in [0.25, 0.3) is 21.9 Å². The number of hydrogen-bond acceptors (Lipinski definition) is 6. The van der Waals surface area contributed by atoms with Crippen molar-refractivity contribution in [3.63, 3.8) is 0 Å². The third kappa shape index (κ3) is 6.32. The van der Waals surface area contributed by atoms with Crippen LogP contribution in [-0.4, -0.2) is 39.2 Å². The van der Waals surface area contributed by atoms with Gasteiger partial charge < -0.3 is 15.0 Å². The van der Waals surface area contributed by atoms with Crippen molar-refractivity contribution in [2.45, 2.75) is 57.9 Å². The lowest BCUT2D eigenvalue weighted by atomic mass is 10.1. The van der Waals surface area contributed by atoms with Crippen LogP contribution < -0.4 is 10.0 Å². The van der Waals surface area contributed by atoms with Crippen molar-refractivity contribution in [2.24, 2.45) is 0 Å². The Hall–Kier alpha value is -3.10. The molecule has 8 heteroatoms. The van der Waals surface area contributed by atoms with Crippen LogP contribution in [0.5, 0.6) is 0 Å². The van der Waals surface area contributed by atoms with E-state index in [0.29, 0.717) is 11.3 Å². The second-order valence-electron chi connectivity index (χ2n) is 7.89. The Bertz CT molecular complexity index is 1260. The number of nitrogens with one attached hydrogen (secondary N) is 2. The van der Waals surface area contributed by atoms with Gasteiger partial charge in [0.2, 0.25) is 0 Å². The van der Waals surface area contributed by atoms with E-state index in [4.69, 9.17) is 4.98 Å². The highest BCUT2D eigenvalue weighted by molar-refractivity contribution is 7.97. The van der Waals surface area contributed by atoms with Crippen molar-refractivity contribution in [2.75, 3.05) is 18.9 Å². The number of anilines is 1. The van der Waals surface area contributed by atoms with Crippen LogP contribution in [0.15, 0.2) is 53.4 Å². The van der Waals surface area contributed by atoms with Crippen molar-refractivity contribution in [3.8, 4) is 0 Å². The molecular formula is C27H35N5O2S. The number of unbranched alkanes of at least 4 members (excludes halogenated alkanes) is 1. The predicted octanol–water partition coefficient (Wildman–Crippen LogP) is 6.38.